The van der Waals surface area contributed by atoms with E-state index in [4.69, 9.17) is 4.74 Å². The number of amides is 1. The zero-order valence-electron chi connectivity index (χ0n) is 15.9. The van der Waals surface area contributed by atoms with Gasteiger partial charge in [-0.25, -0.2) is 0 Å². The highest BCUT2D eigenvalue weighted by Gasteiger charge is 2.31. The summed E-state index contributed by atoms with van der Waals surface area (Å²) in [6, 6.07) is 14.8. The Morgan fingerprint density at radius 2 is 1.75 bits per heavy atom. The maximum atomic E-state index is 12.8. The highest BCUT2D eigenvalue weighted by molar-refractivity contribution is 5.77. The van der Waals surface area contributed by atoms with Crippen LogP contribution in [0.5, 0.6) is 0 Å². The first-order chi connectivity index (χ1) is 13.2. The quantitative estimate of drug-likeness (QED) is 0.718. The minimum Gasteiger partial charge on any atom is -0.367 e. The van der Waals surface area contributed by atoms with Crippen LogP contribution in [-0.2, 0) is 15.7 Å². The van der Waals surface area contributed by atoms with Crippen molar-refractivity contribution in [1.29, 1.82) is 0 Å². The fourth-order valence-corrected chi connectivity index (χ4v) is 3.52. The first-order valence-electron chi connectivity index (χ1n) is 9.39. The molecule has 3 nitrogen and oxygen atoms in total. The molecule has 150 valence electrons. The van der Waals surface area contributed by atoms with E-state index >= 15 is 0 Å². The lowest BCUT2D eigenvalue weighted by atomic mass is 9.95. The van der Waals surface area contributed by atoms with Crippen molar-refractivity contribution in [3.63, 3.8) is 0 Å². The van der Waals surface area contributed by atoms with Gasteiger partial charge in [-0.2, -0.15) is 13.2 Å². The summed E-state index contributed by atoms with van der Waals surface area (Å²) in [5.41, 5.74) is 1.08. The van der Waals surface area contributed by atoms with E-state index in [1.54, 1.807) is 4.90 Å². The molecule has 0 aromatic heterocycles. The first kappa shape index (κ1) is 20.4. The van der Waals surface area contributed by atoms with Crippen molar-refractivity contribution in [2.24, 2.45) is 0 Å². The molecule has 0 spiro atoms. The molecule has 0 bridgehead atoms. The van der Waals surface area contributed by atoms with Crippen LogP contribution in [-0.4, -0.2) is 30.0 Å². The van der Waals surface area contributed by atoms with Gasteiger partial charge in [-0.1, -0.05) is 49.4 Å². The van der Waals surface area contributed by atoms with Crippen molar-refractivity contribution in [3.05, 3.63) is 71.3 Å². The molecule has 2 aromatic rings. The van der Waals surface area contributed by atoms with Gasteiger partial charge in [0.15, 0.2) is 0 Å². The molecular formula is C22H24F3NO2. The molecule has 1 aliphatic heterocycles. The molecule has 1 saturated heterocycles. The van der Waals surface area contributed by atoms with E-state index in [-0.39, 0.29) is 30.5 Å². The van der Waals surface area contributed by atoms with Gasteiger partial charge in [-0.05, 0) is 36.1 Å². The van der Waals surface area contributed by atoms with E-state index in [1.165, 1.54) is 12.1 Å². The van der Waals surface area contributed by atoms with E-state index in [9.17, 15) is 18.0 Å². The largest absolute Gasteiger partial charge is 0.416 e. The Bertz CT molecular complexity index is 790. The number of ether oxygens (including phenoxy) is 1. The van der Waals surface area contributed by atoms with E-state index in [1.807, 2.05) is 44.2 Å². The summed E-state index contributed by atoms with van der Waals surface area (Å²) in [7, 11) is 0. The number of benzene rings is 2. The summed E-state index contributed by atoms with van der Waals surface area (Å²) in [6.45, 7) is 4.79. The van der Waals surface area contributed by atoms with E-state index < -0.39 is 11.7 Å². The Labute approximate surface area is 163 Å². The summed E-state index contributed by atoms with van der Waals surface area (Å²) >= 11 is 0. The molecule has 28 heavy (non-hydrogen) atoms. The molecule has 0 N–H and O–H groups in total. The molecule has 3 atom stereocenters. The lowest BCUT2D eigenvalue weighted by molar-refractivity contribution is -0.145. The zero-order valence-corrected chi connectivity index (χ0v) is 15.9. The second-order valence-electron chi connectivity index (χ2n) is 7.37. The normalized spacial score (nSPS) is 21.4. The predicted molar refractivity (Wildman–Crippen MR) is 101 cm³/mol. The predicted octanol–water partition coefficient (Wildman–Crippen LogP) is 5.19. The number of morpholine rings is 1. The summed E-state index contributed by atoms with van der Waals surface area (Å²) in [5.74, 6) is -0.174. The number of carbonyl (C=O) groups excluding carboxylic acids is 1. The second-order valence-corrected chi connectivity index (χ2v) is 7.37. The van der Waals surface area contributed by atoms with Crippen LogP contribution in [0.3, 0.4) is 0 Å². The van der Waals surface area contributed by atoms with Gasteiger partial charge in [0.25, 0.3) is 0 Å². The number of hydrogen-bond acceptors (Lipinski definition) is 2. The topological polar surface area (TPSA) is 29.5 Å². The van der Waals surface area contributed by atoms with Crippen molar-refractivity contribution < 1.29 is 22.7 Å². The van der Waals surface area contributed by atoms with Gasteiger partial charge in [-0.15, -0.1) is 0 Å². The standard InChI is InChI=1S/C22H24F3NO2/c1-15(17-8-10-19(11-9-17)22(23,24)25)12-21(27)26-13-16(2)28-20(14-26)18-6-4-3-5-7-18/h3-11,15-16,20H,12-14H2,1-2H3. The molecule has 3 unspecified atom stereocenters. The molecule has 0 saturated carbocycles. The molecule has 6 heteroatoms. The van der Waals surface area contributed by atoms with Crippen LogP contribution < -0.4 is 0 Å². The van der Waals surface area contributed by atoms with Crippen LogP contribution in [0.25, 0.3) is 0 Å². The van der Waals surface area contributed by atoms with Crippen molar-refractivity contribution in [1.82, 2.24) is 4.90 Å². The van der Waals surface area contributed by atoms with Crippen LogP contribution in [0, 0.1) is 0 Å². The lowest BCUT2D eigenvalue weighted by Crippen LogP contribution is -2.46. The smallest absolute Gasteiger partial charge is 0.367 e. The number of nitrogens with zero attached hydrogens (tertiary/aromatic N) is 1. The van der Waals surface area contributed by atoms with Crippen molar-refractivity contribution in [2.45, 2.75) is 44.6 Å². The van der Waals surface area contributed by atoms with Crippen molar-refractivity contribution in [3.8, 4) is 0 Å². The Morgan fingerprint density at radius 1 is 1.11 bits per heavy atom. The molecule has 0 radical (unpaired) electrons. The van der Waals surface area contributed by atoms with Crippen LogP contribution in [0.1, 0.15) is 49.0 Å². The van der Waals surface area contributed by atoms with E-state index in [2.05, 4.69) is 0 Å². The van der Waals surface area contributed by atoms with Crippen LogP contribution in [0.4, 0.5) is 13.2 Å². The van der Waals surface area contributed by atoms with Gasteiger partial charge in [0.2, 0.25) is 5.91 Å². The zero-order chi connectivity index (χ0) is 20.3. The lowest BCUT2D eigenvalue weighted by Gasteiger charge is -2.37. The maximum Gasteiger partial charge on any atom is 0.416 e. The van der Waals surface area contributed by atoms with Gasteiger partial charge >= 0.3 is 6.18 Å². The van der Waals surface area contributed by atoms with Crippen LogP contribution >= 0.6 is 0 Å². The third-order valence-electron chi connectivity index (χ3n) is 5.07. The molecule has 1 aliphatic rings. The van der Waals surface area contributed by atoms with Gasteiger partial charge in [0, 0.05) is 13.0 Å². The molecule has 0 aliphatic carbocycles. The molecule has 1 amide bonds. The highest BCUT2D eigenvalue weighted by atomic mass is 19.4. The maximum absolute atomic E-state index is 12.8. The summed E-state index contributed by atoms with van der Waals surface area (Å²) < 4.78 is 44.1. The van der Waals surface area contributed by atoms with Crippen molar-refractivity contribution >= 4 is 5.91 Å². The third kappa shape index (κ3) is 4.93. The van der Waals surface area contributed by atoms with Crippen LogP contribution in [0.15, 0.2) is 54.6 Å². The van der Waals surface area contributed by atoms with Gasteiger partial charge in [0.05, 0.1) is 18.2 Å². The SMILES string of the molecule is CC1CN(C(=O)CC(C)c2ccc(C(F)(F)F)cc2)CC(c2ccccc2)O1. The average molecular weight is 391 g/mol. The Kier molecular flexibility index (Phi) is 6.08. The molecule has 3 rings (SSSR count). The highest BCUT2D eigenvalue weighted by Crippen LogP contribution is 2.31. The second kappa shape index (κ2) is 8.35. The summed E-state index contributed by atoms with van der Waals surface area (Å²) in [4.78, 5) is 14.6. The number of carbonyl (C=O) groups is 1. The van der Waals surface area contributed by atoms with E-state index in [0.29, 0.717) is 13.1 Å². The number of rotatable bonds is 4. The molecule has 1 fully saturated rings. The van der Waals surface area contributed by atoms with Crippen LogP contribution in [0.2, 0.25) is 0 Å². The molecule has 1 heterocycles. The number of hydrogen-bond donors (Lipinski definition) is 0. The Balaban J connectivity index is 1.64. The molecule has 2 aromatic carbocycles. The summed E-state index contributed by atoms with van der Waals surface area (Å²) in [6.07, 6.45) is -4.35. The average Bonchev–Trinajstić information content (AvgIpc) is 2.67. The Morgan fingerprint density at radius 3 is 2.36 bits per heavy atom. The summed E-state index contributed by atoms with van der Waals surface area (Å²) in [5, 5.41) is 0. The van der Waals surface area contributed by atoms with Gasteiger partial charge in [0.1, 0.15) is 6.10 Å². The van der Waals surface area contributed by atoms with E-state index in [0.717, 1.165) is 23.3 Å². The minimum atomic E-state index is -4.35. The minimum absolute atomic E-state index is 0.0107. The monoisotopic (exact) mass is 391 g/mol. The van der Waals surface area contributed by atoms with Gasteiger partial charge < -0.3 is 9.64 Å². The number of alkyl halides is 3. The molecular weight excluding hydrogens is 367 g/mol. The third-order valence-corrected chi connectivity index (χ3v) is 5.07. The fraction of sp³-hybridized carbons (Fsp3) is 0.409. The van der Waals surface area contributed by atoms with Gasteiger partial charge in [-0.3, -0.25) is 4.79 Å². The van der Waals surface area contributed by atoms with Crippen molar-refractivity contribution in [2.75, 3.05) is 13.1 Å². The number of halogens is 3. The Hall–Kier alpha value is -2.34. The fourth-order valence-electron chi connectivity index (χ4n) is 3.52. The first-order valence-corrected chi connectivity index (χ1v) is 9.39.